The normalized spacial score (nSPS) is 16.3. The van der Waals surface area contributed by atoms with Crippen LogP contribution in [0, 0.1) is 0 Å². The molecule has 4 amide bonds. The maximum Gasteiger partial charge on any atom is 0.335 e. The summed E-state index contributed by atoms with van der Waals surface area (Å²) >= 11 is 0. The number of carbonyl (C=O) groups is 3. The number of hydrogen-bond acceptors (Lipinski definition) is 5. The van der Waals surface area contributed by atoms with Crippen molar-refractivity contribution in [3.05, 3.63) is 72.1 Å². The molecule has 1 N–H and O–H groups in total. The lowest BCUT2D eigenvalue weighted by molar-refractivity contribution is -0.122. The highest BCUT2D eigenvalue weighted by atomic mass is 16.5. The van der Waals surface area contributed by atoms with Gasteiger partial charge in [-0.2, -0.15) is 0 Å². The zero-order chi connectivity index (χ0) is 18.5. The van der Waals surface area contributed by atoms with Gasteiger partial charge in [-0.3, -0.25) is 19.9 Å². The lowest BCUT2D eigenvalue weighted by atomic mass is 10.1. The molecule has 1 aromatic heterocycles. The number of barbiturate groups is 1. The van der Waals surface area contributed by atoms with Gasteiger partial charge in [-0.25, -0.2) is 9.69 Å². The molecule has 1 saturated heterocycles. The van der Waals surface area contributed by atoms with E-state index in [0.29, 0.717) is 5.69 Å². The number of methoxy groups -OCH3 is 1. The lowest BCUT2D eigenvalue weighted by Gasteiger charge is -2.25. The molecule has 0 radical (unpaired) electrons. The number of aromatic nitrogens is 1. The second-order valence-corrected chi connectivity index (χ2v) is 5.32. The summed E-state index contributed by atoms with van der Waals surface area (Å²) in [6.07, 6.45) is 7.61. The first-order chi connectivity index (χ1) is 12.6. The Hall–Kier alpha value is -3.74. The van der Waals surface area contributed by atoms with E-state index in [4.69, 9.17) is 4.74 Å². The highest BCUT2D eigenvalue weighted by Gasteiger charge is 2.36. The van der Waals surface area contributed by atoms with Crippen molar-refractivity contribution in [3.63, 3.8) is 0 Å². The van der Waals surface area contributed by atoms with Crippen molar-refractivity contribution >= 4 is 29.6 Å². The van der Waals surface area contributed by atoms with Gasteiger partial charge in [-0.05, 0) is 35.9 Å². The second kappa shape index (κ2) is 7.43. The van der Waals surface area contributed by atoms with Gasteiger partial charge in [0.1, 0.15) is 11.3 Å². The summed E-state index contributed by atoms with van der Waals surface area (Å²) in [5.41, 5.74) is 1.07. The lowest BCUT2D eigenvalue weighted by Crippen LogP contribution is -2.54. The van der Waals surface area contributed by atoms with E-state index in [1.54, 1.807) is 31.4 Å². The van der Waals surface area contributed by atoms with Gasteiger partial charge in [-0.1, -0.05) is 24.3 Å². The summed E-state index contributed by atoms with van der Waals surface area (Å²) in [4.78, 5) is 41.3. The topological polar surface area (TPSA) is 88.6 Å². The number of amides is 4. The van der Waals surface area contributed by atoms with Crippen LogP contribution in [0.2, 0.25) is 0 Å². The predicted octanol–water partition coefficient (Wildman–Crippen LogP) is 2.31. The number of nitrogens with zero attached hydrogens (tertiary/aromatic N) is 2. The molecule has 0 unspecified atom stereocenters. The standard InChI is InChI=1S/C19H15N3O4/c1-26-15-7-5-13(6-8-15)3-2-4-16-17(23)21-19(25)22(18(16)24)14-9-11-20-12-10-14/h2-12H,1H3,(H,21,23,25)/b3-2+,16-4+. The van der Waals surface area contributed by atoms with E-state index in [9.17, 15) is 14.4 Å². The third-order valence-corrected chi connectivity index (χ3v) is 3.69. The van der Waals surface area contributed by atoms with Crippen molar-refractivity contribution in [2.75, 3.05) is 12.0 Å². The number of nitrogens with one attached hydrogen (secondary N) is 1. The molecule has 7 nitrogen and oxygen atoms in total. The molecule has 7 heteroatoms. The average Bonchev–Trinajstić information content (AvgIpc) is 2.65. The largest absolute Gasteiger partial charge is 0.497 e. The third-order valence-electron chi connectivity index (χ3n) is 3.69. The van der Waals surface area contributed by atoms with E-state index in [1.807, 2.05) is 12.1 Å². The first kappa shape index (κ1) is 17.1. The average molecular weight is 349 g/mol. The second-order valence-electron chi connectivity index (χ2n) is 5.32. The molecular formula is C19H15N3O4. The van der Waals surface area contributed by atoms with E-state index in [0.717, 1.165) is 16.2 Å². The van der Waals surface area contributed by atoms with Gasteiger partial charge in [0, 0.05) is 12.4 Å². The van der Waals surface area contributed by atoms with Crippen molar-refractivity contribution in [2.45, 2.75) is 0 Å². The van der Waals surface area contributed by atoms with Crippen LogP contribution in [0.4, 0.5) is 10.5 Å². The maximum atomic E-state index is 12.6. The Morgan fingerprint density at radius 2 is 1.73 bits per heavy atom. The summed E-state index contributed by atoms with van der Waals surface area (Å²) in [6, 6.07) is 9.51. The van der Waals surface area contributed by atoms with Gasteiger partial charge in [0.15, 0.2) is 0 Å². The molecule has 3 rings (SSSR count). The molecule has 2 aromatic rings. The van der Waals surface area contributed by atoms with Crippen molar-refractivity contribution in [2.24, 2.45) is 0 Å². The quantitative estimate of drug-likeness (QED) is 0.676. The molecular weight excluding hydrogens is 334 g/mol. The van der Waals surface area contributed by atoms with Crippen LogP contribution >= 0.6 is 0 Å². The number of benzene rings is 1. The summed E-state index contributed by atoms with van der Waals surface area (Å²) < 4.78 is 5.09. The van der Waals surface area contributed by atoms with Gasteiger partial charge in [-0.15, -0.1) is 0 Å². The molecule has 1 aliphatic heterocycles. The number of carbonyl (C=O) groups excluding carboxylic acids is 3. The Labute approximate surface area is 149 Å². The van der Waals surface area contributed by atoms with E-state index < -0.39 is 17.8 Å². The highest BCUT2D eigenvalue weighted by Crippen LogP contribution is 2.19. The Kier molecular flexibility index (Phi) is 4.89. The van der Waals surface area contributed by atoms with Crippen molar-refractivity contribution < 1.29 is 19.1 Å². The first-order valence-corrected chi connectivity index (χ1v) is 7.72. The monoisotopic (exact) mass is 349 g/mol. The van der Waals surface area contributed by atoms with Crippen LogP contribution in [0.15, 0.2) is 66.5 Å². The molecule has 0 saturated carbocycles. The van der Waals surface area contributed by atoms with Crippen molar-refractivity contribution in [1.82, 2.24) is 10.3 Å². The molecule has 1 fully saturated rings. The minimum absolute atomic E-state index is 0.133. The van der Waals surface area contributed by atoms with Gasteiger partial charge in [0.25, 0.3) is 11.8 Å². The minimum Gasteiger partial charge on any atom is -0.497 e. The molecule has 0 atom stereocenters. The van der Waals surface area contributed by atoms with Crippen LogP contribution in [0.1, 0.15) is 5.56 Å². The zero-order valence-electron chi connectivity index (χ0n) is 13.9. The van der Waals surface area contributed by atoms with E-state index >= 15 is 0 Å². The third kappa shape index (κ3) is 3.51. The van der Waals surface area contributed by atoms with Crippen LogP contribution in [-0.4, -0.2) is 29.9 Å². The van der Waals surface area contributed by atoms with Crippen LogP contribution < -0.4 is 15.0 Å². The maximum absolute atomic E-state index is 12.6. The van der Waals surface area contributed by atoms with Gasteiger partial charge >= 0.3 is 6.03 Å². The van der Waals surface area contributed by atoms with Gasteiger partial charge in [0.2, 0.25) is 0 Å². The number of urea groups is 1. The smallest absolute Gasteiger partial charge is 0.335 e. The molecule has 0 spiro atoms. The van der Waals surface area contributed by atoms with Crippen LogP contribution in [0.25, 0.3) is 6.08 Å². The molecule has 0 bridgehead atoms. The molecule has 130 valence electrons. The number of ether oxygens (including phenoxy) is 1. The molecule has 0 aliphatic carbocycles. The van der Waals surface area contributed by atoms with Gasteiger partial charge in [0.05, 0.1) is 12.8 Å². The Morgan fingerprint density at radius 1 is 1.04 bits per heavy atom. The summed E-state index contributed by atoms with van der Waals surface area (Å²) in [7, 11) is 1.58. The molecule has 2 heterocycles. The number of hydrogen-bond donors (Lipinski definition) is 1. The van der Waals surface area contributed by atoms with Gasteiger partial charge < -0.3 is 4.74 Å². The fraction of sp³-hybridized carbons (Fsp3) is 0.0526. The molecule has 1 aliphatic rings. The minimum atomic E-state index is -0.789. The first-order valence-electron chi connectivity index (χ1n) is 7.72. The van der Waals surface area contributed by atoms with Crippen LogP contribution in [0.5, 0.6) is 5.75 Å². The number of pyridine rings is 1. The fourth-order valence-corrected chi connectivity index (χ4v) is 2.38. The molecule has 26 heavy (non-hydrogen) atoms. The van der Waals surface area contributed by atoms with Crippen molar-refractivity contribution in [3.8, 4) is 5.75 Å². The summed E-state index contributed by atoms with van der Waals surface area (Å²) in [6.45, 7) is 0. The predicted molar refractivity (Wildman–Crippen MR) is 95.4 cm³/mol. The Bertz CT molecular complexity index is 902. The number of anilines is 1. The summed E-state index contributed by atoms with van der Waals surface area (Å²) in [5, 5.41) is 2.16. The summed E-state index contributed by atoms with van der Waals surface area (Å²) in [5.74, 6) is -0.692. The Morgan fingerprint density at radius 3 is 2.38 bits per heavy atom. The number of imide groups is 2. The number of rotatable bonds is 4. The van der Waals surface area contributed by atoms with Crippen LogP contribution in [0.3, 0.4) is 0 Å². The highest BCUT2D eigenvalue weighted by molar-refractivity contribution is 6.37. The Balaban J connectivity index is 1.84. The SMILES string of the molecule is COc1ccc(/C=C/C=C2\C(=O)NC(=O)N(c3ccncc3)C2=O)cc1. The fourth-order valence-electron chi connectivity index (χ4n) is 2.38. The van der Waals surface area contributed by atoms with E-state index in [-0.39, 0.29) is 5.57 Å². The number of allylic oxidation sites excluding steroid dienone is 2. The van der Waals surface area contributed by atoms with E-state index in [2.05, 4.69) is 10.3 Å². The van der Waals surface area contributed by atoms with Crippen molar-refractivity contribution in [1.29, 1.82) is 0 Å². The van der Waals surface area contributed by atoms with Crippen LogP contribution in [-0.2, 0) is 9.59 Å². The molecule has 1 aromatic carbocycles. The van der Waals surface area contributed by atoms with E-state index in [1.165, 1.54) is 30.6 Å². The zero-order valence-corrected chi connectivity index (χ0v) is 13.9.